The van der Waals surface area contributed by atoms with Crippen molar-refractivity contribution in [2.24, 2.45) is 17.6 Å². The summed E-state index contributed by atoms with van der Waals surface area (Å²) in [6.45, 7) is 5.24. The topological polar surface area (TPSA) is 159 Å². The number of aliphatic carboxylic acids is 1. The lowest BCUT2D eigenvalue weighted by molar-refractivity contribution is -0.145. The Bertz CT molecular complexity index is 1200. The summed E-state index contributed by atoms with van der Waals surface area (Å²) in [5, 5.41) is 12.9. The molecular weight excluding hydrogens is 548 g/mol. The Labute approximate surface area is 242 Å². The number of nitrogens with zero attached hydrogens (tertiary/aromatic N) is 2. The molecule has 2 amide bonds. The fourth-order valence-corrected chi connectivity index (χ4v) is 8.38. The van der Waals surface area contributed by atoms with E-state index in [-0.39, 0.29) is 37.1 Å². The maximum absolute atomic E-state index is 14.1. The van der Waals surface area contributed by atoms with Crippen LogP contribution in [0.1, 0.15) is 77.3 Å². The summed E-state index contributed by atoms with van der Waals surface area (Å²) in [5.41, 5.74) is 6.33. The summed E-state index contributed by atoms with van der Waals surface area (Å²) in [5.74, 6) is -2.92. The van der Waals surface area contributed by atoms with E-state index in [0.29, 0.717) is 6.42 Å². The van der Waals surface area contributed by atoms with E-state index in [0.717, 1.165) is 37.7 Å². The van der Waals surface area contributed by atoms with E-state index in [4.69, 9.17) is 10.5 Å². The molecule has 12 heteroatoms. The lowest BCUT2D eigenvalue weighted by atomic mass is 9.83. The van der Waals surface area contributed by atoms with Gasteiger partial charge in [-0.15, -0.1) is 0 Å². The summed E-state index contributed by atoms with van der Waals surface area (Å²) in [6, 6.07) is 6.43. The highest BCUT2D eigenvalue weighted by atomic mass is 32.2. The lowest BCUT2D eigenvalue weighted by Crippen LogP contribution is -2.56. The van der Waals surface area contributed by atoms with Crippen molar-refractivity contribution in [1.82, 2.24) is 14.5 Å². The van der Waals surface area contributed by atoms with E-state index in [1.165, 1.54) is 9.21 Å². The molecule has 3 aliphatic rings. The Morgan fingerprint density at radius 3 is 2.37 bits per heavy atom. The number of fused-ring (bicyclic) bond motifs is 1. The highest BCUT2D eigenvalue weighted by Crippen LogP contribution is 2.39. The first-order valence-electron chi connectivity index (χ1n) is 14.6. The molecule has 41 heavy (non-hydrogen) atoms. The number of likely N-dealkylation sites (tertiary alicyclic amines) is 1. The van der Waals surface area contributed by atoms with Gasteiger partial charge in [-0.2, -0.15) is 4.31 Å². The minimum Gasteiger partial charge on any atom is -0.481 e. The van der Waals surface area contributed by atoms with E-state index >= 15 is 0 Å². The van der Waals surface area contributed by atoms with Crippen molar-refractivity contribution in [1.29, 1.82) is 0 Å². The molecular formula is C29H44N4O7S. The first-order chi connectivity index (χ1) is 19.3. The van der Waals surface area contributed by atoms with Gasteiger partial charge in [0.15, 0.2) is 0 Å². The molecule has 2 saturated heterocycles. The number of nitrogens with two attached hydrogens (primary N) is 1. The number of rotatable bonds is 9. The van der Waals surface area contributed by atoms with Gasteiger partial charge in [0.2, 0.25) is 15.9 Å². The van der Waals surface area contributed by atoms with Crippen LogP contribution in [-0.2, 0) is 24.3 Å². The van der Waals surface area contributed by atoms with Crippen molar-refractivity contribution in [2.75, 3.05) is 18.8 Å². The normalized spacial score (nSPS) is 25.4. The Morgan fingerprint density at radius 2 is 1.76 bits per heavy atom. The molecule has 0 bridgehead atoms. The SMILES string of the molecule is CC(C)(C)OC(=O)N[C@H](C(=O)N1CC[C@@H]2[C@H]1[C@@H](C(=O)O)CN2S(=O)(=O)CC[C@@H](N)c1ccccc1)C1CCCCC1. The van der Waals surface area contributed by atoms with E-state index in [9.17, 15) is 27.9 Å². The molecule has 0 radical (unpaired) electrons. The first kappa shape index (κ1) is 31.2. The van der Waals surface area contributed by atoms with Crippen LogP contribution in [0, 0.1) is 11.8 Å². The number of sulfonamides is 1. The van der Waals surface area contributed by atoms with Gasteiger partial charge < -0.3 is 25.8 Å². The molecule has 1 aliphatic carbocycles. The fraction of sp³-hybridized carbons (Fsp3) is 0.690. The third kappa shape index (κ3) is 7.39. The second-order valence-corrected chi connectivity index (χ2v) is 14.6. The molecule has 1 saturated carbocycles. The Morgan fingerprint density at radius 1 is 1.10 bits per heavy atom. The van der Waals surface area contributed by atoms with Crippen LogP contribution in [0.2, 0.25) is 0 Å². The summed E-state index contributed by atoms with van der Waals surface area (Å²) in [4.78, 5) is 40.7. The summed E-state index contributed by atoms with van der Waals surface area (Å²) in [7, 11) is -3.85. The zero-order valence-corrected chi connectivity index (χ0v) is 25.0. The molecule has 2 heterocycles. The molecule has 2 aliphatic heterocycles. The smallest absolute Gasteiger partial charge is 0.408 e. The number of carboxylic acid groups (broad SMARTS) is 1. The monoisotopic (exact) mass is 592 g/mol. The van der Waals surface area contributed by atoms with Crippen LogP contribution in [0.5, 0.6) is 0 Å². The van der Waals surface area contributed by atoms with Crippen LogP contribution in [0.3, 0.4) is 0 Å². The van der Waals surface area contributed by atoms with E-state index in [1.807, 2.05) is 30.3 Å². The number of ether oxygens (including phenoxy) is 1. The number of carboxylic acids is 1. The van der Waals surface area contributed by atoms with Gasteiger partial charge in [0.05, 0.1) is 17.7 Å². The highest BCUT2D eigenvalue weighted by Gasteiger charge is 2.57. The van der Waals surface area contributed by atoms with Crippen LogP contribution >= 0.6 is 0 Å². The van der Waals surface area contributed by atoms with E-state index in [1.54, 1.807) is 20.8 Å². The highest BCUT2D eigenvalue weighted by molar-refractivity contribution is 7.89. The van der Waals surface area contributed by atoms with E-state index in [2.05, 4.69) is 5.32 Å². The predicted molar refractivity (Wildman–Crippen MR) is 153 cm³/mol. The molecule has 11 nitrogen and oxygen atoms in total. The van der Waals surface area contributed by atoms with Gasteiger partial charge in [-0.05, 0) is 57.9 Å². The van der Waals surface area contributed by atoms with Gasteiger partial charge in [0.25, 0.3) is 0 Å². The summed E-state index contributed by atoms with van der Waals surface area (Å²) in [6.07, 6.45) is 4.27. The lowest BCUT2D eigenvalue weighted by Gasteiger charge is -2.36. The van der Waals surface area contributed by atoms with Crippen molar-refractivity contribution in [3.8, 4) is 0 Å². The number of alkyl carbamates (subject to hydrolysis) is 1. The van der Waals surface area contributed by atoms with Gasteiger partial charge in [-0.1, -0.05) is 49.6 Å². The minimum absolute atomic E-state index is 0.105. The van der Waals surface area contributed by atoms with Gasteiger partial charge in [0.1, 0.15) is 11.6 Å². The van der Waals surface area contributed by atoms with Crippen LogP contribution in [0.15, 0.2) is 30.3 Å². The molecule has 4 rings (SSSR count). The Balaban J connectivity index is 1.52. The van der Waals surface area contributed by atoms with Gasteiger partial charge in [0, 0.05) is 25.2 Å². The summed E-state index contributed by atoms with van der Waals surface area (Å²) >= 11 is 0. The maximum atomic E-state index is 14.1. The van der Waals surface area contributed by atoms with Crippen molar-refractivity contribution in [2.45, 2.75) is 95.5 Å². The zero-order chi connectivity index (χ0) is 29.9. The second kappa shape index (κ2) is 12.7. The first-order valence-corrected chi connectivity index (χ1v) is 16.2. The third-order valence-corrected chi connectivity index (χ3v) is 10.4. The second-order valence-electron chi connectivity index (χ2n) is 12.5. The molecule has 1 aromatic rings. The van der Waals surface area contributed by atoms with Crippen molar-refractivity contribution >= 4 is 28.0 Å². The molecule has 3 fully saturated rings. The van der Waals surface area contributed by atoms with Gasteiger partial charge in [-0.3, -0.25) is 9.59 Å². The van der Waals surface area contributed by atoms with Crippen LogP contribution in [0.4, 0.5) is 4.79 Å². The Kier molecular flexibility index (Phi) is 9.65. The maximum Gasteiger partial charge on any atom is 0.408 e. The molecule has 0 aromatic heterocycles. The molecule has 4 N–H and O–H groups in total. The molecule has 0 unspecified atom stereocenters. The number of carbonyl (C=O) groups is 3. The van der Waals surface area contributed by atoms with Crippen LogP contribution in [-0.4, -0.2) is 83.3 Å². The minimum atomic E-state index is -3.85. The van der Waals surface area contributed by atoms with Crippen molar-refractivity contribution in [3.05, 3.63) is 35.9 Å². The predicted octanol–water partition coefficient (Wildman–Crippen LogP) is 2.87. The van der Waals surface area contributed by atoms with Crippen LogP contribution in [0.25, 0.3) is 0 Å². The summed E-state index contributed by atoms with van der Waals surface area (Å²) < 4.78 is 33.8. The quantitative estimate of drug-likeness (QED) is 0.395. The number of carbonyl (C=O) groups excluding carboxylic acids is 2. The number of amides is 2. The number of hydrogen-bond donors (Lipinski definition) is 3. The van der Waals surface area contributed by atoms with Gasteiger partial charge in [-0.25, -0.2) is 13.2 Å². The number of hydrogen-bond acceptors (Lipinski definition) is 7. The average molecular weight is 593 g/mol. The van der Waals surface area contributed by atoms with E-state index < -0.39 is 57.8 Å². The number of benzene rings is 1. The number of nitrogens with one attached hydrogen (secondary N) is 1. The van der Waals surface area contributed by atoms with Crippen molar-refractivity contribution < 1.29 is 32.6 Å². The molecule has 5 atom stereocenters. The Hall–Kier alpha value is -2.70. The standard InChI is InChI=1S/C29H44N4O7S/c1-29(2,3)40-28(37)31-24(20-12-8-5-9-13-20)26(34)32-16-14-23-25(32)21(27(35)36)18-33(23)41(38,39)17-15-22(30)19-10-6-4-7-11-19/h4,6-7,10-11,20-25H,5,8-9,12-18,30H2,1-3H3,(H,31,37)(H,35,36)/t21-,22+,23+,24-,25+/m0/s1. The zero-order valence-electron chi connectivity index (χ0n) is 24.2. The van der Waals surface area contributed by atoms with Crippen molar-refractivity contribution in [3.63, 3.8) is 0 Å². The third-order valence-electron chi connectivity index (χ3n) is 8.51. The molecule has 228 valence electrons. The average Bonchev–Trinajstić information content (AvgIpc) is 3.51. The molecule has 0 spiro atoms. The van der Waals surface area contributed by atoms with Crippen LogP contribution < -0.4 is 11.1 Å². The fourth-order valence-electron chi connectivity index (χ4n) is 6.56. The largest absolute Gasteiger partial charge is 0.481 e. The molecule has 1 aromatic carbocycles. The van der Waals surface area contributed by atoms with Gasteiger partial charge >= 0.3 is 12.1 Å².